The molecule has 124 valence electrons. The monoisotopic (exact) mass is 339 g/mol. The van der Waals surface area contributed by atoms with Gasteiger partial charge in [0, 0.05) is 23.6 Å². The summed E-state index contributed by atoms with van der Waals surface area (Å²) in [5.74, 6) is 2.30. The van der Waals surface area contributed by atoms with Crippen LogP contribution in [0.15, 0.2) is 65.1 Å². The predicted octanol–water partition coefficient (Wildman–Crippen LogP) is 4.41. The minimum atomic E-state index is 0.0513. The Kier molecular flexibility index (Phi) is 5.59. The van der Waals surface area contributed by atoms with Gasteiger partial charge in [-0.05, 0) is 24.6 Å². The Morgan fingerprint density at radius 3 is 2.67 bits per heavy atom. The van der Waals surface area contributed by atoms with E-state index in [9.17, 15) is 4.79 Å². The first-order valence-corrected chi connectivity index (χ1v) is 9.24. The van der Waals surface area contributed by atoms with Crippen molar-refractivity contribution in [3.8, 4) is 0 Å². The molecule has 3 aromatic rings. The Hall–Kier alpha value is -2.20. The number of carbonyl (C=O) groups excluding carboxylic acids is 1. The largest absolute Gasteiger partial charge is 0.461 e. The molecular formula is C20H21NO2S. The number of thioether (sulfide) groups is 1. The van der Waals surface area contributed by atoms with Crippen molar-refractivity contribution in [3.05, 3.63) is 72.0 Å². The average Bonchev–Trinajstić information content (AvgIpc) is 2.97. The lowest BCUT2D eigenvalue weighted by atomic mass is 10.2. The summed E-state index contributed by atoms with van der Waals surface area (Å²) < 4.78 is 5.80. The molecule has 0 aliphatic heterocycles. The van der Waals surface area contributed by atoms with E-state index in [0.717, 1.165) is 22.5 Å². The number of hydrogen-bond donors (Lipinski definition) is 1. The lowest BCUT2D eigenvalue weighted by Gasteiger charge is -2.12. The van der Waals surface area contributed by atoms with Gasteiger partial charge in [0.15, 0.2) is 0 Å². The van der Waals surface area contributed by atoms with Crippen molar-refractivity contribution in [1.82, 2.24) is 5.32 Å². The second-order valence-electron chi connectivity index (χ2n) is 5.90. The number of para-hydroxylation sites is 1. The summed E-state index contributed by atoms with van der Waals surface area (Å²) in [6.07, 6.45) is 0.698. The van der Waals surface area contributed by atoms with E-state index in [0.29, 0.717) is 12.2 Å². The van der Waals surface area contributed by atoms with Crippen LogP contribution in [0.2, 0.25) is 0 Å². The summed E-state index contributed by atoms with van der Waals surface area (Å²) in [7, 11) is 0. The van der Waals surface area contributed by atoms with Gasteiger partial charge in [-0.3, -0.25) is 4.79 Å². The summed E-state index contributed by atoms with van der Waals surface area (Å²) in [5.41, 5.74) is 2.13. The van der Waals surface area contributed by atoms with E-state index < -0.39 is 0 Å². The third kappa shape index (κ3) is 4.65. The molecule has 0 radical (unpaired) electrons. The Balaban J connectivity index is 1.44. The fraction of sp³-hybridized carbons (Fsp3) is 0.250. The summed E-state index contributed by atoms with van der Waals surface area (Å²) in [6, 6.07) is 20.2. The summed E-state index contributed by atoms with van der Waals surface area (Å²) in [6.45, 7) is 2.01. The van der Waals surface area contributed by atoms with E-state index in [1.807, 2.05) is 55.5 Å². The van der Waals surface area contributed by atoms with Crippen LogP contribution in [0.4, 0.5) is 0 Å². The minimum absolute atomic E-state index is 0.0513. The van der Waals surface area contributed by atoms with Crippen LogP contribution in [-0.2, 0) is 17.0 Å². The average molecular weight is 339 g/mol. The fourth-order valence-corrected chi connectivity index (χ4v) is 3.44. The minimum Gasteiger partial charge on any atom is -0.461 e. The maximum absolute atomic E-state index is 12.0. The molecule has 4 heteroatoms. The number of carbonyl (C=O) groups is 1. The van der Waals surface area contributed by atoms with Crippen LogP contribution in [0.1, 0.15) is 18.2 Å². The van der Waals surface area contributed by atoms with Crippen molar-refractivity contribution in [2.75, 3.05) is 5.75 Å². The molecule has 0 fully saturated rings. The lowest BCUT2D eigenvalue weighted by molar-refractivity contribution is -0.119. The van der Waals surface area contributed by atoms with Crippen LogP contribution in [0.3, 0.4) is 0 Å². The van der Waals surface area contributed by atoms with Crippen molar-refractivity contribution in [1.29, 1.82) is 0 Å². The first-order valence-electron chi connectivity index (χ1n) is 8.09. The summed E-state index contributed by atoms with van der Waals surface area (Å²) in [5, 5.41) is 4.14. The molecule has 24 heavy (non-hydrogen) atoms. The fourth-order valence-electron chi connectivity index (χ4n) is 2.64. The molecule has 1 heterocycles. The van der Waals surface area contributed by atoms with Gasteiger partial charge in [-0.2, -0.15) is 0 Å². The Morgan fingerprint density at radius 2 is 1.88 bits per heavy atom. The zero-order valence-corrected chi connectivity index (χ0v) is 14.5. The molecule has 1 N–H and O–H groups in total. The predicted molar refractivity (Wildman–Crippen MR) is 100 cm³/mol. The Labute approximate surface area is 146 Å². The van der Waals surface area contributed by atoms with Crippen LogP contribution in [-0.4, -0.2) is 17.7 Å². The second kappa shape index (κ2) is 8.06. The lowest BCUT2D eigenvalue weighted by Crippen LogP contribution is -2.35. The number of fused-ring (bicyclic) bond motifs is 1. The van der Waals surface area contributed by atoms with E-state index in [1.165, 1.54) is 5.56 Å². The van der Waals surface area contributed by atoms with Gasteiger partial charge in [0.1, 0.15) is 11.3 Å². The molecule has 0 spiro atoms. The number of hydrogen-bond acceptors (Lipinski definition) is 3. The van der Waals surface area contributed by atoms with Crippen LogP contribution in [0.5, 0.6) is 0 Å². The van der Waals surface area contributed by atoms with Gasteiger partial charge in [-0.25, -0.2) is 0 Å². The smallest absolute Gasteiger partial charge is 0.230 e. The normalized spacial score (nSPS) is 12.2. The van der Waals surface area contributed by atoms with E-state index >= 15 is 0 Å². The second-order valence-corrected chi connectivity index (χ2v) is 6.89. The van der Waals surface area contributed by atoms with Gasteiger partial charge in [0.25, 0.3) is 0 Å². The van der Waals surface area contributed by atoms with Crippen LogP contribution >= 0.6 is 11.8 Å². The van der Waals surface area contributed by atoms with Crippen molar-refractivity contribution in [2.45, 2.75) is 25.1 Å². The zero-order chi connectivity index (χ0) is 16.8. The summed E-state index contributed by atoms with van der Waals surface area (Å²) >= 11 is 1.63. The number of benzene rings is 2. The van der Waals surface area contributed by atoms with Gasteiger partial charge < -0.3 is 9.73 Å². The van der Waals surface area contributed by atoms with E-state index in [1.54, 1.807) is 11.8 Å². The molecule has 3 rings (SSSR count). The number of nitrogens with one attached hydrogen (secondary N) is 1. The SMILES string of the molecule is CC(Cc1cc2ccccc2o1)NC(=O)CSCc1ccccc1. The summed E-state index contributed by atoms with van der Waals surface area (Å²) in [4.78, 5) is 12.0. The van der Waals surface area contributed by atoms with Crippen molar-refractivity contribution < 1.29 is 9.21 Å². The van der Waals surface area contributed by atoms with Crippen molar-refractivity contribution >= 4 is 28.6 Å². The highest BCUT2D eigenvalue weighted by Crippen LogP contribution is 2.19. The third-order valence-corrected chi connectivity index (χ3v) is 4.74. The number of furan rings is 1. The van der Waals surface area contributed by atoms with E-state index in [4.69, 9.17) is 4.42 Å². The standard InChI is InChI=1S/C20H21NO2S/c1-15(11-18-12-17-9-5-6-10-19(17)23-18)21-20(22)14-24-13-16-7-3-2-4-8-16/h2-10,12,15H,11,13-14H2,1H3,(H,21,22). The topological polar surface area (TPSA) is 42.2 Å². The first-order chi connectivity index (χ1) is 11.7. The van der Waals surface area contributed by atoms with Gasteiger partial charge >= 0.3 is 0 Å². The van der Waals surface area contributed by atoms with Crippen LogP contribution < -0.4 is 5.32 Å². The van der Waals surface area contributed by atoms with Crippen molar-refractivity contribution in [3.63, 3.8) is 0 Å². The molecule has 1 atom stereocenters. The first kappa shape index (κ1) is 16.7. The van der Waals surface area contributed by atoms with Gasteiger partial charge in [0.2, 0.25) is 5.91 Å². The Bertz CT molecular complexity index is 765. The quantitative estimate of drug-likeness (QED) is 0.693. The molecule has 1 amide bonds. The number of amides is 1. The van der Waals surface area contributed by atoms with Gasteiger partial charge in [-0.15, -0.1) is 11.8 Å². The molecule has 0 aliphatic carbocycles. The molecule has 1 aromatic heterocycles. The maximum atomic E-state index is 12.0. The highest BCUT2D eigenvalue weighted by Gasteiger charge is 2.11. The molecule has 0 saturated carbocycles. The van der Waals surface area contributed by atoms with Gasteiger partial charge in [-0.1, -0.05) is 48.5 Å². The van der Waals surface area contributed by atoms with Crippen molar-refractivity contribution in [2.24, 2.45) is 0 Å². The third-order valence-electron chi connectivity index (χ3n) is 3.74. The number of rotatable bonds is 7. The molecule has 0 bridgehead atoms. The van der Waals surface area contributed by atoms with Gasteiger partial charge in [0.05, 0.1) is 5.75 Å². The van der Waals surface area contributed by atoms with E-state index in [-0.39, 0.29) is 11.9 Å². The Morgan fingerprint density at radius 1 is 1.12 bits per heavy atom. The highest BCUT2D eigenvalue weighted by atomic mass is 32.2. The molecule has 0 saturated heterocycles. The molecule has 1 unspecified atom stereocenters. The zero-order valence-electron chi connectivity index (χ0n) is 13.7. The molecule has 0 aliphatic rings. The van der Waals surface area contributed by atoms with E-state index in [2.05, 4.69) is 17.4 Å². The molecule has 2 aromatic carbocycles. The molecule has 3 nitrogen and oxygen atoms in total. The van der Waals surface area contributed by atoms with Crippen LogP contribution in [0, 0.1) is 0 Å². The molecular weight excluding hydrogens is 318 g/mol. The van der Waals surface area contributed by atoms with Crippen LogP contribution in [0.25, 0.3) is 11.0 Å². The highest BCUT2D eigenvalue weighted by molar-refractivity contribution is 7.99. The maximum Gasteiger partial charge on any atom is 0.230 e.